The summed E-state index contributed by atoms with van der Waals surface area (Å²) in [6.07, 6.45) is 0. The number of hydrogen-bond donors (Lipinski definition) is 0. The fraction of sp³-hybridized carbons (Fsp3) is 0. The molecule has 0 unspecified atom stereocenters. The summed E-state index contributed by atoms with van der Waals surface area (Å²) in [5, 5.41) is 54.2. The van der Waals surface area contributed by atoms with E-state index in [2.05, 4.69) is 315 Å². The molecule has 0 amide bonds. The quantitative estimate of drug-likeness (QED) is 0.0535. The van der Waals surface area contributed by atoms with Crippen LogP contribution in [-0.2, 0) is 68.1 Å². The van der Waals surface area contributed by atoms with Gasteiger partial charge in [-0.25, -0.2) is 0 Å². The maximum absolute atomic E-state index is 5.11. The van der Waals surface area contributed by atoms with Gasteiger partial charge in [-0.1, -0.05) is 485 Å². The van der Waals surface area contributed by atoms with Gasteiger partial charge in [-0.2, -0.15) is 45.5 Å². The molecule has 22 aromatic rings. The van der Waals surface area contributed by atoms with Crippen LogP contribution >= 0.6 is 74.4 Å². The maximum atomic E-state index is 5.11. The average molecular weight is 2110 g/mol. The zero-order valence-corrected chi connectivity index (χ0v) is 87.4. The van der Waals surface area contributed by atoms with Crippen molar-refractivity contribution in [1.29, 1.82) is 0 Å². The van der Waals surface area contributed by atoms with Gasteiger partial charge < -0.3 is 42.5 Å². The second kappa shape index (κ2) is 54.7. The molecule has 0 bridgehead atoms. The molecule has 0 spiro atoms. The molecule has 22 rings (SSSR count). The van der Waals surface area contributed by atoms with Crippen molar-refractivity contribution in [3.8, 4) is 44.5 Å². The first-order chi connectivity index (χ1) is 69.1. The Bertz CT molecular complexity index is 7280. The first-order valence-corrected chi connectivity index (χ1v) is 61.6. The van der Waals surface area contributed by atoms with Gasteiger partial charge in [0.05, 0.1) is 0 Å². The fourth-order valence-electron chi connectivity index (χ4n) is 16.0. The minimum Gasteiger partial charge on any atom is -0.659 e. The normalized spacial score (nSPS) is 10.3. The molecule has 0 atom stereocenters. The van der Waals surface area contributed by atoms with E-state index in [-0.39, 0.29) is 0 Å². The summed E-state index contributed by atoms with van der Waals surface area (Å²) in [4.78, 5) is 0. The van der Waals surface area contributed by atoms with Crippen LogP contribution in [0.5, 0.6) is 0 Å². The molecule has 0 aliphatic heterocycles. The second-order valence-corrected chi connectivity index (χ2v) is 41.4. The zero-order chi connectivity index (χ0) is 96.7. The topological polar surface area (TPSA) is 113 Å². The Hall–Kier alpha value is -12.0. The molecule has 8 nitrogen and oxygen atoms in total. The van der Waals surface area contributed by atoms with Crippen LogP contribution in [0.15, 0.2) is 510 Å². The molecule has 22 aromatic carbocycles. The number of halogens is 8. The Kier molecular flexibility index (Phi) is 40.0. The number of rotatable bonds is 20. The van der Waals surface area contributed by atoms with Crippen LogP contribution in [0.25, 0.3) is 152 Å². The molecule has 140 heavy (non-hydrogen) atoms. The van der Waals surface area contributed by atoms with E-state index in [0.29, 0.717) is 0 Å². The van der Waals surface area contributed by atoms with Crippen LogP contribution in [0, 0.1) is 0 Å². The standard InChI is InChI=1S/C34H22N2.2C30H22N2.C26H18N2.8ClH.4Ti/c1-3-11-25-21-29-27(19-23(25)9-1)13-7-17-31(29)35-33-15-5-6-16-34(33)36-32-18-8-14-28-20-24-10-2-4-12-26(24)22-30(28)32;1-3-13-23(14-4-1)25-17-7-9-19-27(25)31-29-21-11-12-22-30(29)32-28-20-10-8-18-26(28)24-15-5-2-6-16-24;1-3-11-23(12-4-1)25-15-9-17-27(21-25)31-29-19-7-8-20-30(29)32-28-18-10-16-26(22-28)24-13-5-2-6-14-24;1-3-13-21-19(9-1)11-7-17-23(21)27-25-15-5-6-16-26(25)28-24-18-8-12-20-10-2-4-14-22(20)24;;;;;;;;;;;;/h1-22H;2*1-22H;1-18H;8*1H;;;;/q4*-2;;;;;;;;;4*+2/p-8. The number of benzene rings is 22. The minimum atomic E-state index is -0.556. The van der Waals surface area contributed by atoms with Crippen molar-refractivity contribution >= 4 is 230 Å². The summed E-state index contributed by atoms with van der Waals surface area (Å²) in [6, 6.07) is 174. The minimum absolute atomic E-state index is 0.556. The smallest absolute Gasteiger partial charge is 0.0178 e. The molecule has 684 valence electrons. The molecular formula is C120H84Cl8N8Ti4-8. The van der Waals surface area contributed by atoms with Gasteiger partial charge in [0, 0.05) is 0 Å². The molecule has 0 saturated carbocycles. The summed E-state index contributed by atoms with van der Waals surface area (Å²) in [5.74, 6) is 0. The summed E-state index contributed by atoms with van der Waals surface area (Å²) in [5.41, 5.74) is 23.5. The SMILES string of the molecule is [Cl][Ti][Cl].[Cl][Ti][Cl].[Cl][Ti][Cl].[Cl][Ti][Cl].c1ccc(-c2cccc([N-]c3ccccc3[N-]c3cccc(-c4ccccc4)c3)c2)cc1.c1ccc(-c2ccccc2[N-]c2ccccc2[N-]c2ccccc2-c2ccccc2)cc1.c1ccc([N-]c2cccc3cc4ccccc4cc23)c([N-]c2cccc3cc4ccccc4cc23)c1.c1ccc([N-]c2cccc3ccccc23)c([N-]c2cccc3ccccc23)c1. The molecule has 0 aliphatic carbocycles. The Morgan fingerprint density at radius 3 is 0.621 bits per heavy atom. The summed E-state index contributed by atoms with van der Waals surface area (Å²) in [6.45, 7) is 0. The van der Waals surface area contributed by atoms with Crippen molar-refractivity contribution in [2.45, 2.75) is 0 Å². The van der Waals surface area contributed by atoms with Crippen molar-refractivity contribution in [2.24, 2.45) is 0 Å². The van der Waals surface area contributed by atoms with E-state index in [4.69, 9.17) is 117 Å². The van der Waals surface area contributed by atoms with Gasteiger partial charge in [0.1, 0.15) is 0 Å². The van der Waals surface area contributed by atoms with Gasteiger partial charge in [0.15, 0.2) is 0 Å². The number of para-hydroxylation sites is 10. The van der Waals surface area contributed by atoms with Gasteiger partial charge in [0.25, 0.3) is 0 Å². The third-order valence-electron chi connectivity index (χ3n) is 22.3. The van der Waals surface area contributed by atoms with Gasteiger partial charge >= 0.3 is 143 Å². The average Bonchev–Trinajstić information content (AvgIpc) is 0.774. The monoisotopic (exact) mass is 2110 g/mol. The summed E-state index contributed by atoms with van der Waals surface area (Å²) < 4.78 is 0. The second-order valence-electron chi connectivity index (χ2n) is 31.1. The molecule has 0 radical (unpaired) electrons. The van der Waals surface area contributed by atoms with E-state index in [1.807, 2.05) is 194 Å². The van der Waals surface area contributed by atoms with Crippen molar-refractivity contribution in [2.75, 3.05) is 0 Å². The first-order valence-electron chi connectivity index (χ1n) is 44.4. The first kappa shape index (κ1) is 102. The third-order valence-corrected chi connectivity index (χ3v) is 22.3. The molecular weight excluding hydrogens is 2030 g/mol. The van der Waals surface area contributed by atoms with E-state index < -0.39 is 68.1 Å². The maximum Gasteiger partial charge on any atom is -0.0178 e. The van der Waals surface area contributed by atoms with Crippen LogP contribution < -0.4 is 0 Å². The summed E-state index contributed by atoms with van der Waals surface area (Å²) >= 11 is -2.22. The van der Waals surface area contributed by atoms with Gasteiger partial charge in [-0.3, -0.25) is 0 Å². The molecule has 0 fully saturated rings. The van der Waals surface area contributed by atoms with Crippen molar-refractivity contribution < 1.29 is 68.1 Å². The van der Waals surface area contributed by atoms with Crippen molar-refractivity contribution in [3.63, 3.8) is 0 Å². The third kappa shape index (κ3) is 28.7. The van der Waals surface area contributed by atoms with E-state index in [9.17, 15) is 0 Å². The van der Waals surface area contributed by atoms with E-state index >= 15 is 0 Å². The molecule has 0 heterocycles. The Morgan fingerprint density at radius 1 is 0.121 bits per heavy atom. The Labute approximate surface area is 884 Å². The van der Waals surface area contributed by atoms with Gasteiger partial charge in [-0.05, 0) is 133 Å². The molecule has 0 aromatic heterocycles. The van der Waals surface area contributed by atoms with Crippen molar-refractivity contribution in [1.82, 2.24) is 0 Å². The number of hydrogen-bond acceptors (Lipinski definition) is 0. The predicted molar refractivity (Wildman–Crippen MR) is 592 cm³/mol. The fourth-order valence-corrected chi connectivity index (χ4v) is 16.0. The van der Waals surface area contributed by atoms with Gasteiger partial charge in [0.2, 0.25) is 0 Å². The Balaban J connectivity index is 0.000000136. The van der Waals surface area contributed by atoms with Gasteiger partial charge in [-0.15, -0.1) is 45.5 Å². The van der Waals surface area contributed by atoms with E-state index in [1.165, 1.54) is 54.2 Å². The van der Waals surface area contributed by atoms with Crippen molar-refractivity contribution in [3.05, 3.63) is 552 Å². The van der Waals surface area contributed by atoms with Crippen LogP contribution in [0.1, 0.15) is 0 Å². The molecule has 0 saturated heterocycles. The zero-order valence-electron chi connectivity index (χ0n) is 75.1. The Morgan fingerprint density at radius 2 is 0.314 bits per heavy atom. The number of fused-ring (bicyclic) bond motifs is 6. The van der Waals surface area contributed by atoms with E-state index in [0.717, 1.165) is 146 Å². The number of nitrogens with zero attached hydrogens (tertiary/aromatic N) is 8. The predicted octanol–water partition coefficient (Wildman–Crippen LogP) is 44.5. The summed E-state index contributed by atoms with van der Waals surface area (Å²) in [7, 11) is 39.1. The van der Waals surface area contributed by atoms with Crippen LogP contribution in [0.4, 0.5) is 91.0 Å². The van der Waals surface area contributed by atoms with Crippen LogP contribution in [-0.4, -0.2) is 0 Å². The van der Waals surface area contributed by atoms with Crippen LogP contribution in [0.3, 0.4) is 0 Å². The molecule has 0 aliphatic rings. The molecule has 20 heteroatoms. The largest absolute Gasteiger partial charge is 0.659 e. The molecule has 0 N–H and O–H groups in total. The van der Waals surface area contributed by atoms with E-state index in [1.54, 1.807) is 0 Å². The van der Waals surface area contributed by atoms with Crippen LogP contribution in [0.2, 0.25) is 0 Å².